The number of hydrogen-bond acceptors (Lipinski definition) is 5. The van der Waals surface area contributed by atoms with Crippen LogP contribution < -0.4 is 20.7 Å². The molecule has 0 radical (unpaired) electrons. The number of carbonyl (C=O) groups excluding carboxylic acids is 1. The highest BCUT2D eigenvalue weighted by Gasteiger charge is 2.15. The third kappa shape index (κ3) is 3.33. The maximum absolute atomic E-state index is 11.2. The van der Waals surface area contributed by atoms with Gasteiger partial charge in [0.1, 0.15) is 0 Å². The number of hydrazine groups is 1. The van der Waals surface area contributed by atoms with E-state index in [0.717, 1.165) is 0 Å². The fourth-order valence-electron chi connectivity index (χ4n) is 1.27. The topological polar surface area (TPSA) is 93.8 Å². The Morgan fingerprint density at radius 2 is 2.24 bits per heavy atom. The molecule has 0 aromatic heterocycles. The Morgan fingerprint density at radius 3 is 2.76 bits per heavy atom. The van der Waals surface area contributed by atoms with Crippen molar-refractivity contribution in [1.82, 2.24) is 5.43 Å². The Hall–Kier alpha value is -1.79. The van der Waals surface area contributed by atoms with Crippen LogP contribution in [-0.2, 0) is 11.4 Å². The van der Waals surface area contributed by atoms with Crippen LogP contribution in [0.3, 0.4) is 0 Å². The zero-order valence-electron chi connectivity index (χ0n) is 9.77. The third-order valence-electron chi connectivity index (χ3n) is 2.23. The van der Waals surface area contributed by atoms with E-state index in [2.05, 4.69) is 0 Å². The van der Waals surface area contributed by atoms with E-state index < -0.39 is 12.0 Å². The molecule has 0 saturated carbocycles. The van der Waals surface area contributed by atoms with Gasteiger partial charge in [0.25, 0.3) is 5.91 Å². The van der Waals surface area contributed by atoms with Crippen molar-refractivity contribution in [2.45, 2.75) is 19.6 Å². The lowest BCUT2D eigenvalue weighted by molar-refractivity contribution is -0.127. The first-order chi connectivity index (χ1) is 8.12. The van der Waals surface area contributed by atoms with E-state index in [9.17, 15) is 4.79 Å². The minimum absolute atomic E-state index is 0.0878. The zero-order valence-corrected chi connectivity index (χ0v) is 9.77. The summed E-state index contributed by atoms with van der Waals surface area (Å²) < 4.78 is 10.5. The standard InChI is InChI=1S/C11H16N2O4/c1-7(11(15)13-12)17-9-4-3-8(6-14)5-10(9)16-2/h3-5,7,14H,6,12H2,1-2H3,(H,13,15). The van der Waals surface area contributed by atoms with Gasteiger partial charge in [-0.3, -0.25) is 10.2 Å². The number of hydrogen-bond donors (Lipinski definition) is 3. The molecule has 0 saturated heterocycles. The monoisotopic (exact) mass is 240 g/mol. The third-order valence-corrected chi connectivity index (χ3v) is 2.23. The Kier molecular flexibility index (Phi) is 4.74. The van der Waals surface area contributed by atoms with E-state index in [0.29, 0.717) is 17.1 Å². The second-order valence-corrected chi connectivity index (χ2v) is 3.41. The summed E-state index contributed by atoms with van der Waals surface area (Å²) in [5.41, 5.74) is 2.70. The molecule has 6 heteroatoms. The van der Waals surface area contributed by atoms with Gasteiger partial charge >= 0.3 is 0 Å². The van der Waals surface area contributed by atoms with Gasteiger partial charge in [-0.25, -0.2) is 5.84 Å². The number of methoxy groups -OCH3 is 1. The van der Waals surface area contributed by atoms with Crippen LogP contribution >= 0.6 is 0 Å². The van der Waals surface area contributed by atoms with Crippen molar-refractivity contribution in [2.24, 2.45) is 5.84 Å². The maximum Gasteiger partial charge on any atom is 0.274 e. The molecule has 6 nitrogen and oxygen atoms in total. The molecular formula is C11H16N2O4. The average Bonchev–Trinajstić information content (AvgIpc) is 2.37. The highest BCUT2D eigenvalue weighted by molar-refractivity contribution is 5.80. The van der Waals surface area contributed by atoms with Crippen LogP contribution in [-0.4, -0.2) is 24.2 Å². The first kappa shape index (κ1) is 13.3. The maximum atomic E-state index is 11.2. The fraction of sp³-hybridized carbons (Fsp3) is 0.364. The Bertz CT molecular complexity index is 395. The molecular weight excluding hydrogens is 224 g/mol. The minimum Gasteiger partial charge on any atom is -0.493 e. The van der Waals surface area contributed by atoms with Gasteiger partial charge in [-0.2, -0.15) is 0 Å². The lowest BCUT2D eigenvalue weighted by Crippen LogP contribution is -2.40. The Balaban J connectivity index is 2.87. The number of rotatable bonds is 5. The van der Waals surface area contributed by atoms with Gasteiger partial charge in [0, 0.05) is 0 Å². The summed E-state index contributed by atoms with van der Waals surface area (Å²) >= 11 is 0. The molecule has 4 N–H and O–H groups in total. The predicted octanol–water partition coefficient (Wildman–Crippen LogP) is -0.0553. The van der Waals surface area contributed by atoms with E-state index in [1.165, 1.54) is 7.11 Å². The summed E-state index contributed by atoms with van der Waals surface area (Å²) in [5, 5.41) is 8.98. The van der Waals surface area contributed by atoms with Gasteiger partial charge in [0.2, 0.25) is 0 Å². The number of nitrogens with one attached hydrogen (secondary N) is 1. The molecule has 0 fully saturated rings. The summed E-state index contributed by atoms with van der Waals surface area (Å²) in [4.78, 5) is 11.2. The Morgan fingerprint density at radius 1 is 1.53 bits per heavy atom. The van der Waals surface area contributed by atoms with Gasteiger partial charge < -0.3 is 14.6 Å². The van der Waals surface area contributed by atoms with Crippen molar-refractivity contribution >= 4 is 5.91 Å². The van der Waals surface area contributed by atoms with Gasteiger partial charge in [-0.15, -0.1) is 0 Å². The van der Waals surface area contributed by atoms with E-state index in [-0.39, 0.29) is 6.61 Å². The highest BCUT2D eigenvalue weighted by Crippen LogP contribution is 2.28. The molecule has 0 aliphatic heterocycles. The van der Waals surface area contributed by atoms with E-state index >= 15 is 0 Å². The van der Waals surface area contributed by atoms with Crippen molar-refractivity contribution in [3.05, 3.63) is 23.8 Å². The fourth-order valence-corrected chi connectivity index (χ4v) is 1.27. The second-order valence-electron chi connectivity index (χ2n) is 3.41. The number of carbonyl (C=O) groups is 1. The quantitative estimate of drug-likeness (QED) is 0.381. The second kappa shape index (κ2) is 6.07. The molecule has 0 heterocycles. The van der Waals surface area contributed by atoms with E-state index in [4.69, 9.17) is 20.4 Å². The lowest BCUT2D eigenvalue weighted by atomic mass is 10.2. The normalized spacial score (nSPS) is 11.8. The van der Waals surface area contributed by atoms with Crippen LogP contribution in [0.5, 0.6) is 11.5 Å². The summed E-state index contributed by atoms with van der Waals surface area (Å²) in [7, 11) is 1.48. The molecule has 0 aliphatic carbocycles. The molecule has 0 spiro atoms. The SMILES string of the molecule is COc1cc(CO)ccc1OC(C)C(=O)NN. The van der Waals surface area contributed by atoms with Crippen molar-refractivity contribution in [3.63, 3.8) is 0 Å². The largest absolute Gasteiger partial charge is 0.493 e. The number of aliphatic hydroxyl groups is 1. The molecule has 17 heavy (non-hydrogen) atoms. The molecule has 1 amide bonds. The first-order valence-electron chi connectivity index (χ1n) is 5.07. The van der Waals surface area contributed by atoms with E-state index in [1.54, 1.807) is 25.1 Å². The van der Waals surface area contributed by atoms with Gasteiger partial charge in [-0.05, 0) is 24.6 Å². The van der Waals surface area contributed by atoms with E-state index in [1.807, 2.05) is 5.43 Å². The first-order valence-corrected chi connectivity index (χ1v) is 5.07. The molecule has 0 bridgehead atoms. The molecule has 1 atom stereocenters. The minimum atomic E-state index is -0.728. The van der Waals surface area contributed by atoms with Gasteiger partial charge in [-0.1, -0.05) is 6.07 Å². The summed E-state index contributed by atoms with van der Waals surface area (Å²) in [5.74, 6) is 5.44. The summed E-state index contributed by atoms with van der Waals surface area (Å²) in [6.07, 6.45) is -0.728. The molecule has 1 rings (SSSR count). The highest BCUT2D eigenvalue weighted by atomic mass is 16.5. The predicted molar refractivity (Wildman–Crippen MR) is 61.3 cm³/mol. The number of amides is 1. The van der Waals surface area contributed by atoms with Crippen molar-refractivity contribution in [3.8, 4) is 11.5 Å². The molecule has 94 valence electrons. The zero-order chi connectivity index (χ0) is 12.8. The lowest BCUT2D eigenvalue weighted by Gasteiger charge is -2.15. The molecule has 1 unspecified atom stereocenters. The number of benzene rings is 1. The van der Waals surface area contributed by atoms with Crippen LogP contribution in [0.2, 0.25) is 0 Å². The van der Waals surface area contributed by atoms with Crippen molar-refractivity contribution in [2.75, 3.05) is 7.11 Å². The van der Waals surface area contributed by atoms with Crippen LogP contribution in [0.1, 0.15) is 12.5 Å². The molecule has 0 aliphatic rings. The molecule has 1 aromatic rings. The summed E-state index contributed by atoms with van der Waals surface area (Å²) in [6.45, 7) is 1.48. The number of ether oxygens (including phenoxy) is 2. The van der Waals surface area contributed by atoms with Crippen LogP contribution in [0.25, 0.3) is 0 Å². The smallest absolute Gasteiger partial charge is 0.274 e. The van der Waals surface area contributed by atoms with Crippen molar-refractivity contribution < 1.29 is 19.4 Å². The van der Waals surface area contributed by atoms with Crippen LogP contribution in [0, 0.1) is 0 Å². The molecule has 1 aromatic carbocycles. The average molecular weight is 240 g/mol. The van der Waals surface area contributed by atoms with Gasteiger partial charge in [0.05, 0.1) is 13.7 Å². The number of aliphatic hydroxyl groups excluding tert-OH is 1. The van der Waals surface area contributed by atoms with Gasteiger partial charge in [0.15, 0.2) is 17.6 Å². The Labute approximate surface area is 99.3 Å². The van der Waals surface area contributed by atoms with Crippen LogP contribution in [0.4, 0.5) is 0 Å². The number of nitrogens with two attached hydrogens (primary N) is 1. The van der Waals surface area contributed by atoms with Crippen LogP contribution in [0.15, 0.2) is 18.2 Å². The van der Waals surface area contributed by atoms with Crippen molar-refractivity contribution in [1.29, 1.82) is 0 Å². The summed E-state index contributed by atoms with van der Waals surface area (Å²) in [6, 6.07) is 4.96.